The first-order valence-corrected chi connectivity index (χ1v) is 12.8. The van der Waals surface area contributed by atoms with Gasteiger partial charge in [-0.15, -0.1) is 0 Å². The highest BCUT2D eigenvalue weighted by Gasteiger charge is 2.29. The Bertz CT molecular complexity index is 1020. The topological polar surface area (TPSA) is 78.4 Å². The van der Waals surface area contributed by atoms with E-state index in [0.29, 0.717) is 42.4 Å². The quantitative estimate of drug-likeness (QED) is 0.371. The smallest absolute Gasteiger partial charge is 0.234 e. The molecule has 7 nitrogen and oxygen atoms in total. The first-order chi connectivity index (χ1) is 15.9. The van der Waals surface area contributed by atoms with Crippen LogP contribution in [0.3, 0.4) is 0 Å². The second-order valence-corrected chi connectivity index (χ2v) is 10.1. The lowest BCUT2D eigenvalue weighted by molar-refractivity contribution is -0.135. The van der Waals surface area contributed by atoms with Gasteiger partial charge in [0.15, 0.2) is 5.16 Å². The molecule has 1 aliphatic carbocycles. The molecule has 9 heteroatoms. The lowest BCUT2D eigenvalue weighted by Gasteiger charge is -2.36. The van der Waals surface area contributed by atoms with Crippen LogP contribution in [0.5, 0.6) is 0 Å². The number of hydrogen-bond acceptors (Lipinski definition) is 6. The van der Waals surface area contributed by atoms with Crippen molar-refractivity contribution in [3.63, 3.8) is 0 Å². The van der Waals surface area contributed by atoms with Crippen LogP contribution in [0.1, 0.15) is 36.8 Å². The number of nitrogens with one attached hydrogen (secondary N) is 1. The molecule has 1 aromatic heterocycles. The molecular weight excluding hydrogens is 458 g/mol. The molecular formula is C24H30ClN5O2S. The summed E-state index contributed by atoms with van der Waals surface area (Å²) in [5, 5.41) is 3.73. The zero-order chi connectivity index (χ0) is 23.4. The molecule has 2 aliphatic rings. The Kier molecular flexibility index (Phi) is 7.75. The Morgan fingerprint density at radius 3 is 2.48 bits per heavy atom. The molecule has 176 valence electrons. The van der Waals surface area contributed by atoms with E-state index in [1.54, 1.807) is 6.07 Å². The van der Waals surface area contributed by atoms with E-state index in [-0.39, 0.29) is 17.6 Å². The van der Waals surface area contributed by atoms with Crippen LogP contribution in [0, 0.1) is 19.8 Å². The molecule has 4 rings (SSSR count). The zero-order valence-electron chi connectivity index (χ0n) is 19.1. The average Bonchev–Trinajstić information content (AvgIpc) is 3.34. The maximum absolute atomic E-state index is 12.7. The number of piperazine rings is 1. The van der Waals surface area contributed by atoms with Crippen molar-refractivity contribution in [3.8, 4) is 0 Å². The van der Waals surface area contributed by atoms with Gasteiger partial charge < -0.3 is 15.1 Å². The summed E-state index contributed by atoms with van der Waals surface area (Å²) in [7, 11) is 0. The largest absolute Gasteiger partial charge is 0.353 e. The monoisotopic (exact) mass is 487 g/mol. The summed E-state index contributed by atoms with van der Waals surface area (Å²) < 4.78 is 0. The van der Waals surface area contributed by atoms with E-state index in [4.69, 9.17) is 11.6 Å². The third kappa shape index (κ3) is 6.18. The lowest BCUT2D eigenvalue weighted by Crippen LogP contribution is -2.50. The number of carbonyl (C=O) groups excluding carboxylic acids is 2. The van der Waals surface area contributed by atoms with Crippen molar-refractivity contribution in [1.29, 1.82) is 0 Å². The Morgan fingerprint density at radius 2 is 1.79 bits per heavy atom. The van der Waals surface area contributed by atoms with Gasteiger partial charge in [0.1, 0.15) is 11.0 Å². The van der Waals surface area contributed by atoms with Gasteiger partial charge in [0, 0.05) is 43.9 Å². The summed E-state index contributed by atoms with van der Waals surface area (Å²) in [4.78, 5) is 38.1. The molecule has 0 unspecified atom stereocenters. The average molecular weight is 488 g/mol. The van der Waals surface area contributed by atoms with E-state index >= 15 is 0 Å². The van der Waals surface area contributed by atoms with Gasteiger partial charge >= 0.3 is 0 Å². The number of benzene rings is 1. The molecule has 1 aromatic carbocycles. The number of thioether (sulfide) groups is 1. The molecule has 2 heterocycles. The Labute approximate surface area is 204 Å². The summed E-state index contributed by atoms with van der Waals surface area (Å²) in [6, 6.07) is 7.60. The fourth-order valence-electron chi connectivity index (χ4n) is 4.35. The number of aromatic nitrogens is 2. The number of amides is 2. The lowest BCUT2D eigenvalue weighted by atomic mass is 10.1. The number of anilines is 2. The van der Waals surface area contributed by atoms with E-state index in [9.17, 15) is 9.59 Å². The van der Waals surface area contributed by atoms with Crippen molar-refractivity contribution in [3.05, 3.63) is 40.5 Å². The van der Waals surface area contributed by atoms with E-state index < -0.39 is 0 Å². The highest BCUT2D eigenvalue weighted by atomic mass is 35.5. The van der Waals surface area contributed by atoms with Crippen LogP contribution in [-0.2, 0) is 9.59 Å². The molecule has 0 spiro atoms. The summed E-state index contributed by atoms with van der Waals surface area (Å²) >= 11 is 7.52. The molecule has 2 amide bonds. The minimum absolute atomic E-state index is 0.118. The Morgan fingerprint density at radius 1 is 1.06 bits per heavy atom. The molecule has 1 saturated carbocycles. The number of nitrogens with zero attached hydrogens (tertiary/aromatic N) is 4. The van der Waals surface area contributed by atoms with Gasteiger partial charge in [-0.25, -0.2) is 9.97 Å². The maximum atomic E-state index is 12.7. The second kappa shape index (κ2) is 10.7. The van der Waals surface area contributed by atoms with Crippen molar-refractivity contribution in [2.45, 2.75) is 44.7 Å². The molecule has 0 radical (unpaired) electrons. The summed E-state index contributed by atoms with van der Waals surface area (Å²) in [5.74, 6) is 1.32. The molecule has 0 bridgehead atoms. The Hall–Kier alpha value is -2.32. The normalized spacial score (nSPS) is 16.8. The molecule has 2 fully saturated rings. The molecule has 1 N–H and O–H groups in total. The van der Waals surface area contributed by atoms with E-state index in [2.05, 4.69) is 20.2 Å². The molecule has 2 aromatic rings. The third-order valence-electron chi connectivity index (χ3n) is 6.40. The van der Waals surface area contributed by atoms with Gasteiger partial charge in [0.05, 0.1) is 5.75 Å². The highest BCUT2D eigenvalue weighted by molar-refractivity contribution is 7.99. The number of hydrogen-bond donors (Lipinski definition) is 1. The predicted molar refractivity (Wildman–Crippen MR) is 133 cm³/mol. The highest BCUT2D eigenvalue weighted by Crippen LogP contribution is 2.28. The third-order valence-corrected chi connectivity index (χ3v) is 7.44. The van der Waals surface area contributed by atoms with Crippen LogP contribution in [0.15, 0.2) is 29.4 Å². The Balaban J connectivity index is 1.31. The molecule has 1 aliphatic heterocycles. The van der Waals surface area contributed by atoms with Crippen molar-refractivity contribution in [2.75, 3.05) is 42.1 Å². The number of halogens is 1. The molecule has 1 saturated heterocycles. The first-order valence-electron chi connectivity index (χ1n) is 11.5. The van der Waals surface area contributed by atoms with E-state index in [1.165, 1.54) is 30.2 Å². The van der Waals surface area contributed by atoms with Crippen molar-refractivity contribution in [1.82, 2.24) is 14.9 Å². The number of aryl methyl sites for hydroxylation is 2. The number of rotatable bonds is 6. The van der Waals surface area contributed by atoms with Gasteiger partial charge in [0.25, 0.3) is 0 Å². The van der Waals surface area contributed by atoms with Gasteiger partial charge in [-0.05, 0) is 49.9 Å². The van der Waals surface area contributed by atoms with Crippen molar-refractivity contribution < 1.29 is 9.59 Å². The van der Waals surface area contributed by atoms with Crippen LogP contribution in [0.4, 0.5) is 11.5 Å². The van der Waals surface area contributed by atoms with Crippen molar-refractivity contribution in [2.24, 2.45) is 5.92 Å². The maximum Gasteiger partial charge on any atom is 0.234 e. The number of carbonyl (C=O) groups is 2. The fraction of sp³-hybridized carbons (Fsp3) is 0.500. The minimum Gasteiger partial charge on any atom is -0.353 e. The van der Waals surface area contributed by atoms with Crippen molar-refractivity contribution >= 4 is 46.7 Å². The fourth-order valence-corrected chi connectivity index (χ4v) is 5.23. The summed E-state index contributed by atoms with van der Waals surface area (Å²) in [5.41, 5.74) is 3.10. The first kappa shape index (κ1) is 23.8. The van der Waals surface area contributed by atoms with Gasteiger partial charge in [-0.3, -0.25) is 9.59 Å². The molecule has 0 atom stereocenters. The van der Waals surface area contributed by atoms with E-state index in [1.807, 2.05) is 36.9 Å². The van der Waals surface area contributed by atoms with Crippen LogP contribution < -0.4 is 10.2 Å². The van der Waals surface area contributed by atoms with Gasteiger partial charge in [-0.2, -0.15) is 0 Å². The standard InChI is InChI=1S/C24H30ClN5O2S/c1-16-7-8-19(13-17(16)2)26-22(31)15-33-24-27-20(25)14-21(28-24)29-9-11-30(12-10-29)23(32)18-5-3-4-6-18/h7-8,13-14,18H,3-6,9-12,15H2,1-2H3,(H,26,31). The summed E-state index contributed by atoms with van der Waals surface area (Å²) in [6.07, 6.45) is 4.38. The second-order valence-electron chi connectivity index (χ2n) is 8.76. The van der Waals surface area contributed by atoms with Gasteiger partial charge in [-0.1, -0.05) is 42.3 Å². The van der Waals surface area contributed by atoms with Crippen LogP contribution in [-0.4, -0.2) is 58.6 Å². The van der Waals surface area contributed by atoms with E-state index in [0.717, 1.165) is 29.9 Å². The predicted octanol–water partition coefficient (Wildman–Crippen LogP) is 4.32. The van der Waals surface area contributed by atoms with Gasteiger partial charge in [0.2, 0.25) is 11.8 Å². The SMILES string of the molecule is Cc1ccc(NC(=O)CSc2nc(Cl)cc(N3CCN(C(=O)C4CCCC4)CC3)n2)cc1C. The summed E-state index contributed by atoms with van der Waals surface area (Å²) in [6.45, 7) is 6.87. The van der Waals surface area contributed by atoms with Crippen LogP contribution >= 0.6 is 23.4 Å². The van der Waals surface area contributed by atoms with Crippen LogP contribution in [0.2, 0.25) is 5.15 Å². The minimum atomic E-state index is -0.118. The zero-order valence-corrected chi connectivity index (χ0v) is 20.7. The van der Waals surface area contributed by atoms with Crippen LogP contribution in [0.25, 0.3) is 0 Å². The molecule has 33 heavy (non-hydrogen) atoms.